The first-order valence-electron chi connectivity index (χ1n) is 6.79. The van der Waals surface area contributed by atoms with Crippen molar-refractivity contribution in [3.05, 3.63) is 23.3 Å². The molecule has 0 spiro atoms. The van der Waals surface area contributed by atoms with Crippen LogP contribution in [0.25, 0.3) is 0 Å². The Hall–Kier alpha value is -0.766. The van der Waals surface area contributed by atoms with Crippen LogP contribution in [0.15, 0.2) is 12.1 Å². The van der Waals surface area contributed by atoms with E-state index >= 15 is 0 Å². The molecule has 1 rings (SSSR count). The lowest BCUT2D eigenvalue weighted by Gasteiger charge is -2.29. The predicted octanol–water partition coefficient (Wildman–Crippen LogP) is 4.81. The normalized spacial score (nSPS) is 14.4. The molecule has 0 radical (unpaired) electrons. The van der Waals surface area contributed by atoms with Crippen LogP contribution in [-0.2, 0) is 12.4 Å². The molecule has 0 saturated heterocycles. The number of hydrogen-bond acceptors (Lipinski definition) is 0. The van der Waals surface area contributed by atoms with Gasteiger partial charge in [-0.2, -0.15) is 26.3 Å². The molecule has 1 aromatic carbocycles. The molecule has 0 saturated carbocycles. The van der Waals surface area contributed by atoms with Crippen molar-refractivity contribution in [2.24, 2.45) is 0 Å². The van der Waals surface area contributed by atoms with Gasteiger partial charge < -0.3 is 0 Å². The summed E-state index contributed by atoms with van der Waals surface area (Å²) < 4.78 is 80.0. The quantitative estimate of drug-likeness (QED) is 0.525. The molecule has 22 heavy (non-hydrogen) atoms. The Kier molecular flexibility index (Phi) is 4.73. The molecular weight excluding hydrogens is 338 g/mol. The summed E-state index contributed by atoms with van der Waals surface area (Å²) in [6.45, 7) is 9.70. The van der Waals surface area contributed by atoms with Crippen LogP contribution in [0.2, 0.25) is 39.3 Å². The average molecular weight is 358 g/mol. The van der Waals surface area contributed by atoms with Crippen molar-refractivity contribution >= 4 is 26.5 Å². The number of rotatable bonds is 2. The van der Waals surface area contributed by atoms with Crippen LogP contribution in [-0.4, -0.2) is 16.1 Å². The highest BCUT2D eigenvalue weighted by atomic mass is 28.3. The molecule has 0 fully saturated rings. The van der Waals surface area contributed by atoms with Crippen molar-refractivity contribution < 1.29 is 26.3 Å². The van der Waals surface area contributed by atoms with E-state index in [-0.39, 0.29) is 10.4 Å². The monoisotopic (exact) mass is 358 g/mol. The van der Waals surface area contributed by atoms with Crippen molar-refractivity contribution in [1.29, 1.82) is 0 Å². The zero-order chi connectivity index (χ0) is 17.7. The first-order chi connectivity index (χ1) is 9.45. The van der Waals surface area contributed by atoms with Crippen molar-refractivity contribution in [2.75, 3.05) is 0 Å². The summed E-state index contributed by atoms with van der Waals surface area (Å²) in [7, 11) is -5.17. The van der Waals surface area contributed by atoms with E-state index in [4.69, 9.17) is 0 Å². The summed E-state index contributed by atoms with van der Waals surface area (Å²) in [6, 6.07) is 1.51. The maximum Gasteiger partial charge on any atom is 0.416 e. The minimum Gasteiger partial charge on any atom is -0.166 e. The third-order valence-corrected chi connectivity index (χ3v) is 7.44. The van der Waals surface area contributed by atoms with Crippen LogP contribution in [0.1, 0.15) is 11.1 Å². The van der Waals surface area contributed by atoms with E-state index in [0.717, 1.165) is 12.1 Å². The van der Waals surface area contributed by atoms with E-state index < -0.39 is 39.6 Å². The molecule has 0 N–H and O–H groups in total. The van der Waals surface area contributed by atoms with Crippen LogP contribution in [0.3, 0.4) is 0 Å². The second kappa shape index (κ2) is 5.40. The molecule has 0 nitrogen and oxygen atoms in total. The maximum atomic E-state index is 13.3. The Bertz CT molecular complexity index is 461. The number of hydrogen-bond donors (Lipinski definition) is 0. The van der Waals surface area contributed by atoms with Gasteiger partial charge in [0.25, 0.3) is 0 Å². The molecule has 0 atom stereocenters. The molecule has 0 aliphatic rings. The largest absolute Gasteiger partial charge is 0.416 e. The third kappa shape index (κ3) is 4.15. The van der Waals surface area contributed by atoms with Crippen LogP contribution >= 0.6 is 0 Å². The Morgan fingerprint density at radius 1 is 0.591 bits per heavy atom. The van der Waals surface area contributed by atoms with Crippen LogP contribution in [0.5, 0.6) is 0 Å². The molecular formula is C14H20F6Si2. The fraction of sp³-hybridized carbons (Fsp3) is 0.571. The summed E-state index contributed by atoms with van der Waals surface area (Å²) in [5.41, 5.74) is -1.81. The summed E-state index contributed by atoms with van der Waals surface area (Å²) >= 11 is 0. The first-order valence-corrected chi connectivity index (χ1v) is 13.8. The Labute approximate surface area is 128 Å². The van der Waals surface area contributed by atoms with E-state index in [2.05, 4.69) is 0 Å². The van der Waals surface area contributed by atoms with Gasteiger partial charge in [-0.15, -0.1) is 0 Å². The van der Waals surface area contributed by atoms with Crippen molar-refractivity contribution in [1.82, 2.24) is 0 Å². The fourth-order valence-corrected chi connectivity index (χ4v) is 5.51. The van der Waals surface area contributed by atoms with Gasteiger partial charge in [-0.1, -0.05) is 51.4 Å². The Balaban J connectivity index is 3.90. The molecule has 0 aromatic heterocycles. The van der Waals surface area contributed by atoms with Crippen molar-refractivity contribution in [2.45, 2.75) is 51.6 Å². The van der Waals surface area contributed by atoms with Gasteiger partial charge in [0.15, 0.2) is 0 Å². The van der Waals surface area contributed by atoms with Crippen molar-refractivity contribution in [3.8, 4) is 0 Å². The molecule has 0 aliphatic heterocycles. The highest BCUT2D eigenvalue weighted by molar-refractivity contribution is 6.90. The van der Waals surface area contributed by atoms with Gasteiger partial charge in [0, 0.05) is 0 Å². The molecule has 8 heteroatoms. The van der Waals surface area contributed by atoms with Gasteiger partial charge in [0.1, 0.15) is 0 Å². The molecule has 0 aliphatic carbocycles. The van der Waals surface area contributed by atoms with E-state index in [1.165, 1.54) is 0 Å². The number of benzene rings is 1. The van der Waals surface area contributed by atoms with E-state index in [0.29, 0.717) is 0 Å². The summed E-state index contributed by atoms with van der Waals surface area (Å²) in [4.78, 5) is 0. The average Bonchev–Trinajstić information content (AvgIpc) is 2.22. The molecule has 126 valence electrons. The van der Waals surface area contributed by atoms with Crippen molar-refractivity contribution in [3.63, 3.8) is 0 Å². The zero-order valence-corrected chi connectivity index (χ0v) is 15.4. The summed E-state index contributed by atoms with van der Waals surface area (Å²) in [5, 5.41) is -0.372. The minimum absolute atomic E-state index is 0.186. The lowest BCUT2D eigenvalue weighted by atomic mass is 10.1. The van der Waals surface area contributed by atoms with Gasteiger partial charge in [0.2, 0.25) is 0 Å². The third-order valence-electron chi connectivity index (χ3n) is 3.38. The molecule has 0 amide bonds. The molecule has 1 aromatic rings. The maximum absolute atomic E-state index is 13.3. The van der Waals surface area contributed by atoms with Crippen LogP contribution in [0, 0.1) is 0 Å². The van der Waals surface area contributed by atoms with Crippen LogP contribution in [0.4, 0.5) is 26.3 Å². The van der Waals surface area contributed by atoms with Gasteiger partial charge >= 0.3 is 12.4 Å². The van der Waals surface area contributed by atoms with E-state index in [1.807, 2.05) is 0 Å². The van der Waals surface area contributed by atoms with E-state index in [9.17, 15) is 26.3 Å². The summed E-state index contributed by atoms with van der Waals surface area (Å²) in [5.74, 6) is 0. The standard InChI is InChI=1S/C14H20F6Si2/c1-21(2,3)11-7-10(14(18,19)20)12(22(4,5)6)8-9(11)13(15,16)17/h7-8H,1-6H3. The van der Waals surface area contributed by atoms with Gasteiger partial charge in [-0.05, 0) is 10.4 Å². The lowest BCUT2D eigenvalue weighted by Crippen LogP contribution is -2.49. The molecule has 0 heterocycles. The second-order valence-corrected chi connectivity index (χ2v) is 17.5. The smallest absolute Gasteiger partial charge is 0.166 e. The second-order valence-electron chi connectivity index (χ2n) is 7.44. The van der Waals surface area contributed by atoms with Gasteiger partial charge in [-0.3, -0.25) is 0 Å². The molecule has 0 unspecified atom stereocenters. The van der Waals surface area contributed by atoms with Gasteiger partial charge in [0.05, 0.1) is 27.3 Å². The topological polar surface area (TPSA) is 0 Å². The Morgan fingerprint density at radius 3 is 0.955 bits per heavy atom. The first kappa shape index (κ1) is 19.3. The minimum atomic E-state index is -4.64. The van der Waals surface area contributed by atoms with Gasteiger partial charge in [-0.25, -0.2) is 0 Å². The van der Waals surface area contributed by atoms with Crippen LogP contribution < -0.4 is 10.4 Å². The fourth-order valence-electron chi connectivity index (χ4n) is 2.31. The highest BCUT2D eigenvalue weighted by Crippen LogP contribution is 2.34. The number of alkyl halides is 6. The highest BCUT2D eigenvalue weighted by Gasteiger charge is 2.43. The number of halogens is 6. The van der Waals surface area contributed by atoms with E-state index in [1.54, 1.807) is 39.3 Å². The summed E-state index contributed by atoms with van der Waals surface area (Å²) in [6.07, 6.45) is -9.29. The predicted molar refractivity (Wildman–Crippen MR) is 82.4 cm³/mol. The molecule has 0 bridgehead atoms. The Morgan fingerprint density at radius 2 is 0.818 bits per heavy atom. The zero-order valence-electron chi connectivity index (χ0n) is 13.4. The SMILES string of the molecule is C[Si](C)(C)c1cc(C(F)(F)F)c([Si](C)(C)C)cc1C(F)(F)F. The lowest BCUT2D eigenvalue weighted by molar-refractivity contribution is -0.140.